The smallest absolute Gasteiger partial charge is 0.423 e. The van der Waals surface area contributed by atoms with Gasteiger partial charge in [0, 0.05) is 6.54 Å². The third-order valence-electron chi connectivity index (χ3n) is 3.46. The van der Waals surface area contributed by atoms with E-state index in [0.717, 1.165) is 23.9 Å². The Morgan fingerprint density at radius 1 is 1.47 bits per heavy atom. The molecule has 3 rings (SSSR count). The fraction of sp³-hybridized carbons (Fsp3) is 0.455. The van der Waals surface area contributed by atoms with Gasteiger partial charge in [-0.1, -0.05) is 12.1 Å². The highest BCUT2D eigenvalue weighted by Crippen LogP contribution is 2.29. The lowest BCUT2D eigenvalue weighted by atomic mass is 9.75. The summed E-state index contributed by atoms with van der Waals surface area (Å²) < 4.78 is 5.44. The third-order valence-corrected chi connectivity index (χ3v) is 3.46. The minimum atomic E-state index is -0.762. The predicted octanol–water partition coefficient (Wildman–Crippen LogP) is -0.107. The molecular weight excluding hydrogens is 189 g/mol. The molecule has 15 heavy (non-hydrogen) atoms. The maximum atomic E-state index is 9.87. The highest BCUT2D eigenvalue weighted by molar-refractivity contribution is 6.62. The van der Waals surface area contributed by atoms with E-state index < -0.39 is 7.12 Å². The Morgan fingerprint density at radius 2 is 2.33 bits per heavy atom. The largest absolute Gasteiger partial charge is 0.492 e. The first-order chi connectivity index (χ1) is 7.31. The van der Waals surface area contributed by atoms with Crippen molar-refractivity contribution in [2.45, 2.75) is 25.4 Å². The lowest BCUT2D eigenvalue weighted by molar-refractivity contribution is 0.198. The van der Waals surface area contributed by atoms with Crippen molar-refractivity contribution < 1.29 is 9.68 Å². The Bertz CT molecular complexity index is 408. The first-order valence-corrected chi connectivity index (χ1v) is 5.49. The van der Waals surface area contributed by atoms with Crippen LogP contribution in [0.4, 0.5) is 0 Å². The lowest BCUT2D eigenvalue weighted by Gasteiger charge is -2.09. The van der Waals surface area contributed by atoms with E-state index >= 15 is 0 Å². The number of nitrogens with two attached hydrogens (primary N) is 1. The van der Waals surface area contributed by atoms with E-state index in [1.807, 2.05) is 0 Å². The molecule has 1 aliphatic heterocycles. The molecule has 0 radical (unpaired) electrons. The summed E-state index contributed by atoms with van der Waals surface area (Å²) in [5.41, 5.74) is 10.4. The summed E-state index contributed by atoms with van der Waals surface area (Å²) in [7, 11) is -0.762. The van der Waals surface area contributed by atoms with Gasteiger partial charge in [0.2, 0.25) is 0 Å². The summed E-state index contributed by atoms with van der Waals surface area (Å²) in [6, 6.07) is 4.22. The fourth-order valence-electron chi connectivity index (χ4n) is 2.76. The van der Waals surface area contributed by atoms with E-state index in [4.69, 9.17) is 10.4 Å². The molecule has 1 aromatic carbocycles. The molecule has 0 spiro atoms. The topological polar surface area (TPSA) is 55.5 Å². The summed E-state index contributed by atoms with van der Waals surface area (Å²) in [4.78, 5) is 0. The van der Waals surface area contributed by atoms with E-state index in [1.165, 1.54) is 17.5 Å². The predicted molar refractivity (Wildman–Crippen MR) is 59.0 cm³/mol. The van der Waals surface area contributed by atoms with Gasteiger partial charge in [-0.2, -0.15) is 0 Å². The SMILES string of the molecule is NC[C@H]1OB(O)c2c1ccc1c2CCC1. The maximum absolute atomic E-state index is 9.87. The van der Waals surface area contributed by atoms with Gasteiger partial charge in [0.05, 0.1) is 6.10 Å². The summed E-state index contributed by atoms with van der Waals surface area (Å²) in [6.07, 6.45) is 3.26. The number of hydrogen-bond donors (Lipinski definition) is 2. The van der Waals surface area contributed by atoms with Crippen LogP contribution in [0.1, 0.15) is 29.2 Å². The highest BCUT2D eigenvalue weighted by Gasteiger charge is 2.37. The van der Waals surface area contributed by atoms with Gasteiger partial charge in [-0.3, -0.25) is 0 Å². The Labute approximate surface area is 89.4 Å². The van der Waals surface area contributed by atoms with Gasteiger partial charge in [-0.25, -0.2) is 0 Å². The minimum absolute atomic E-state index is 0.124. The molecule has 0 amide bonds. The normalized spacial score (nSPS) is 23.1. The van der Waals surface area contributed by atoms with Crippen LogP contribution in [0.3, 0.4) is 0 Å². The van der Waals surface area contributed by atoms with Crippen molar-refractivity contribution in [2.24, 2.45) is 5.73 Å². The average Bonchev–Trinajstić information content (AvgIpc) is 2.81. The zero-order valence-corrected chi connectivity index (χ0v) is 8.57. The van der Waals surface area contributed by atoms with Gasteiger partial charge in [-0.05, 0) is 41.4 Å². The second-order valence-corrected chi connectivity index (χ2v) is 4.27. The van der Waals surface area contributed by atoms with E-state index in [0.29, 0.717) is 6.54 Å². The van der Waals surface area contributed by atoms with Gasteiger partial charge < -0.3 is 15.4 Å². The van der Waals surface area contributed by atoms with E-state index in [2.05, 4.69) is 12.1 Å². The fourth-order valence-corrected chi connectivity index (χ4v) is 2.76. The van der Waals surface area contributed by atoms with Crippen molar-refractivity contribution in [1.29, 1.82) is 0 Å². The molecule has 4 heteroatoms. The van der Waals surface area contributed by atoms with Crippen molar-refractivity contribution in [2.75, 3.05) is 6.54 Å². The molecule has 0 bridgehead atoms. The van der Waals surface area contributed by atoms with Crippen LogP contribution in [-0.2, 0) is 17.5 Å². The second kappa shape index (κ2) is 3.34. The molecule has 0 saturated carbocycles. The zero-order valence-electron chi connectivity index (χ0n) is 8.57. The molecule has 3 N–H and O–H groups in total. The van der Waals surface area contributed by atoms with Crippen LogP contribution in [-0.4, -0.2) is 18.7 Å². The molecule has 78 valence electrons. The van der Waals surface area contributed by atoms with Crippen LogP contribution in [0, 0.1) is 0 Å². The lowest BCUT2D eigenvalue weighted by Crippen LogP contribution is -2.31. The van der Waals surface area contributed by atoms with Gasteiger partial charge >= 0.3 is 7.12 Å². The Balaban J connectivity index is 2.16. The molecule has 1 aromatic rings. The van der Waals surface area contributed by atoms with Gasteiger partial charge in [0.25, 0.3) is 0 Å². The summed E-state index contributed by atoms with van der Waals surface area (Å²) in [6.45, 7) is 0.433. The summed E-state index contributed by atoms with van der Waals surface area (Å²) in [5, 5.41) is 9.87. The van der Waals surface area contributed by atoms with Crippen molar-refractivity contribution in [3.8, 4) is 0 Å². The molecule has 1 aliphatic carbocycles. The molecular formula is C11H14BNO2. The van der Waals surface area contributed by atoms with E-state index in [-0.39, 0.29) is 6.10 Å². The number of benzene rings is 1. The molecule has 3 nitrogen and oxygen atoms in total. The number of fused-ring (bicyclic) bond motifs is 3. The zero-order chi connectivity index (χ0) is 10.4. The highest BCUT2D eigenvalue weighted by atomic mass is 16.5. The van der Waals surface area contributed by atoms with Gasteiger partial charge in [0.1, 0.15) is 0 Å². The standard InChI is InChI=1S/C11H14BNO2/c13-6-10-9-5-4-7-2-1-3-8(7)11(9)12(14)15-10/h4-5,10,14H,1-3,6,13H2/t10-/m1/s1. The number of hydrogen-bond acceptors (Lipinski definition) is 3. The Morgan fingerprint density at radius 3 is 3.13 bits per heavy atom. The molecule has 1 atom stereocenters. The second-order valence-electron chi connectivity index (χ2n) is 4.27. The van der Waals surface area contributed by atoms with Crippen LogP contribution >= 0.6 is 0 Å². The quantitative estimate of drug-likeness (QED) is 0.626. The summed E-state index contributed by atoms with van der Waals surface area (Å²) in [5.74, 6) is 0. The van der Waals surface area contributed by atoms with E-state index in [1.54, 1.807) is 0 Å². The Hall–Kier alpha value is -0.835. The third kappa shape index (κ3) is 1.25. The van der Waals surface area contributed by atoms with Crippen molar-refractivity contribution >= 4 is 12.6 Å². The maximum Gasteiger partial charge on any atom is 0.492 e. The van der Waals surface area contributed by atoms with Crippen molar-refractivity contribution in [3.05, 3.63) is 28.8 Å². The van der Waals surface area contributed by atoms with Crippen LogP contribution in [0.25, 0.3) is 0 Å². The van der Waals surface area contributed by atoms with Gasteiger partial charge in [0.15, 0.2) is 0 Å². The molecule has 0 fully saturated rings. The first-order valence-electron chi connectivity index (χ1n) is 5.49. The average molecular weight is 203 g/mol. The molecule has 0 saturated heterocycles. The minimum Gasteiger partial charge on any atom is -0.423 e. The summed E-state index contributed by atoms with van der Waals surface area (Å²) >= 11 is 0. The monoisotopic (exact) mass is 203 g/mol. The van der Waals surface area contributed by atoms with Gasteiger partial charge in [-0.15, -0.1) is 0 Å². The Kier molecular flexibility index (Phi) is 2.09. The first kappa shape index (κ1) is 9.40. The molecule has 0 unspecified atom stereocenters. The van der Waals surface area contributed by atoms with Crippen molar-refractivity contribution in [3.63, 3.8) is 0 Å². The van der Waals surface area contributed by atoms with Crippen LogP contribution in [0.15, 0.2) is 12.1 Å². The van der Waals surface area contributed by atoms with Crippen molar-refractivity contribution in [1.82, 2.24) is 0 Å². The van der Waals surface area contributed by atoms with Crippen LogP contribution in [0.5, 0.6) is 0 Å². The molecule has 0 aromatic heterocycles. The van der Waals surface area contributed by atoms with E-state index in [9.17, 15) is 5.02 Å². The number of rotatable bonds is 1. The van der Waals surface area contributed by atoms with Crippen LogP contribution < -0.4 is 11.2 Å². The molecule has 1 heterocycles. The molecule has 2 aliphatic rings. The number of aryl methyl sites for hydroxylation is 1. The van der Waals surface area contributed by atoms with Crippen LogP contribution in [0.2, 0.25) is 0 Å².